The third kappa shape index (κ3) is 4.36. The maximum atomic E-state index is 12.8. The summed E-state index contributed by atoms with van der Waals surface area (Å²) in [6.45, 7) is 0. The number of hydrogen-bond acceptors (Lipinski definition) is 5. The zero-order chi connectivity index (χ0) is 20.1. The van der Waals surface area contributed by atoms with Crippen LogP contribution in [0, 0.1) is 10.1 Å². The Morgan fingerprint density at radius 1 is 1.11 bits per heavy atom. The second-order valence-corrected chi connectivity index (χ2v) is 6.10. The molecule has 0 aliphatic rings. The van der Waals surface area contributed by atoms with Crippen molar-refractivity contribution in [3.63, 3.8) is 0 Å². The van der Waals surface area contributed by atoms with Gasteiger partial charge in [0.05, 0.1) is 4.92 Å². The molecule has 0 spiro atoms. The van der Waals surface area contributed by atoms with E-state index >= 15 is 0 Å². The first kappa shape index (κ1) is 19.1. The number of nitro groups is 1. The van der Waals surface area contributed by atoms with Crippen LogP contribution in [0.25, 0.3) is 0 Å². The second-order valence-electron chi connectivity index (χ2n) is 5.69. The lowest BCUT2D eigenvalue weighted by Crippen LogP contribution is -2.26. The van der Waals surface area contributed by atoms with E-state index in [9.17, 15) is 19.7 Å². The van der Waals surface area contributed by atoms with Gasteiger partial charge in [-0.3, -0.25) is 14.9 Å². The first-order valence-electron chi connectivity index (χ1n) is 8.10. The predicted octanol–water partition coefficient (Wildman–Crippen LogP) is 4.11. The highest BCUT2D eigenvalue weighted by Crippen LogP contribution is 2.28. The van der Waals surface area contributed by atoms with Gasteiger partial charge in [0.15, 0.2) is 0 Å². The van der Waals surface area contributed by atoms with Crippen LogP contribution in [-0.2, 0) is 9.53 Å². The number of rotatable bonds is 6. The molecule has 3 rings (SSSR count). The Balaban J connectivity index is 1.86. The summed E-state index contributed by atoms with van der Waals surface area (Å²) in [6, 6.07) is 15.4. The van der Waals surface area contributed by atoms with E-state index in [0.717, 1.165) is 6.07 Å². The van der Waals surface area contributed by atoms with Gasteiger partial charge in [-0.15, -0.1) is 0 Å². The molecule has 0 unspecified atom stereocenters. The number of H-pyrrole nitrogens is 1. The Morgan fingerprint density at radius 3 is 2.50 bits per heavy atom. The highest BCUT2D eigenvalue weighted by molar-refractivity contribution is 6.32. The first-order valence-corrected chi connectivity index (χ1v) is 8.47. The molecule has 3 aromatic rings. The Hall–Kier alpha value is -3.65. The monoisotopic (exact) mass is 399 g/mol. The van der Waals surface area contributed by atoms with Crippen LogP contribution in [0.2, 0.25) is 5.02 Å². The number of nitrogens with zero attached hydrogens (tertiary/aromatic N) is 1. The van der Waals surface area contributed by atoms with Gasteiger partial charge in [-0.1, -0.05) is 41.9 Å². The summed E-state index contributed by atoms with van der Waals surface area (Å²) in [5.41, 5.74) is 0.441. The summed E-state index contributed by atoms with van der Waals surface area (Å²) in [4.78, 5) is 38.2. The molecule has 9 heteroatoms. The van der Waals surface area contributed by atoms with Crippen LogP contribution in [0.3, 0.4) is 0 Å². The van der Waals surface area contributed by atoms with Gasteiger partial charge in [-0.25, -0.2) is 4.79 Å². The molecule has 1 aromatic heterocycles. The van der Waals surface area contributed by atoms with Crippen molar-refractivity contribution >= 4 is 34.9 Å². The molecule has 0 aliphatic heterocycles. The van der Waals surface area contributed by atoms with E-state index < -0.39 is 22.9 Å². The van der Waals surface area contributed by atoms with E-state index in [2.05, 4.69) is 10.3 Å². The van der Waals surface area contributed by atoms with Crippen LogP contribution in [-0.4, -0.2) is 21.8 Å². The number of amides is 1. The molecule has 0 bridgehead atoms. The van der Waals surface area contributed by atoms with Gasteiger partial charge in [0.25, 0.3) is 11.6 Å². The molecule has 1 heterocycles. The molecule has 2 aromatic carbocycles. The number of nitrogens with one attached hydrogen (secondary N) is 2. The van der Waals surface area contributed by atoms with Crippen molar-refractivity contribution in [2.45, 2.75) is 6.10 Å². The van der Waals surface area contributed by atoms with Crippen LogP contribution < -0.4 is 5.32 Å². The number of carbonyl (C=O) groups excluding carboxylic acids is 2. The van der Waals surface area contributed by atoms with E-state index in [0.29, 0.717) is 5.56 Å². The summed E-state index contributed by atoms with van der Waals surface area (Å²) >= 11 is 5.78. The van der Waals surface area contributed by atoms with Crippen LogP contribution in [0.15, 0.2) is 66.9 Å². The van der Waals surface area contributed by atoms with Gasteiger partial charge in [-0.05, 0) is 24.3 Å². The van der Waals surface area contributed by atoms with Crippen molar-refractivity contribution in [3.8, 4) is 0 Å². The lowest BCUT2D eigenvalue weighted by Gasteiger charge is -2.18. The molecule has 142 valence electrons. The number of halogens is 1. The van der Waals surface area contributed by atoms with E-state index in [1.54, 1.807) is 42.6 Å². The minimum Gasteiger partial charge on any atom is -0.443 e. The number of anilines is 1. The molecule has 0 saturated heterocycles. The molecular formula is C19H14ClN3O5. The lowest BCUT2D eigenvalue weighted by molar-refractivity contribution is -0.384. The normalized spacial score (nSPS) is 11.5. The second kappa shape index (κ2) is 8.36. The molecule has 8 nitrogen and oxygen atoms in total. The average Bonchev–Trinajstić information content (AvgIpc) is 3.22. The molecule has 1 amide bonds. The van der Waals surface area contributed by atoms with Crippen LogP contribution in [0.5, 0.6) is 0 Å². The Kier molecular flexibility index (Phi) is 5.71. The van der Waals surface area contributed by atoms with Gasteiger partial charge in [-0.2, -0.15) is 0 Å². The van der Waals surface area contributed by atoms with Gasteiger partial charge in [0, 0.05) is 23.5 Å². The van der Waals surface area contributed by atoms with Gasteiger partial charge >= 0.3 is 5.97 Å². The third-order valence-electron chi connectivity index (χ3n) is 3.79. The molecule has 0 aliphatic carbocycles. The Labute approximate surface area is 164 Å². The van der Waals surface area contributed by atoms with E-state index in [4.69, 9.17) is 16.3 Å². The van der Waals surface area contributed by atoms with E-state index in [1.807, 2.05) is 0 Å². The molecule has 2 N–H and O–H groups in total. The number of benzene rings is 2. The van der Waals surface area contributed by atoms with Crippen molar-refractivity contribution < 1.29 is 19.2 Å². The minimum absolute atomic E-state index is 0.0548. The van der Waals surface area contributed by atoms with Crippen LogP contribution in [0.4, 0.5) is 11.4 Å². The third-order valence-corrected chi connectivity index (χ3v) is 4.11. The van der Waals surface area contributed by atoms with Gasteiger partial charge < -0.3 is 15.0 Å². The fraction of sp³-hybridized carbons (Fsp3) is 0.0526. The fourth-order valence-corrected chi connectivity index (χ4v) is 2.65. The van der Waals surface area contributed by atoms with Crippen molar-refractivity contribution in [1.82, 2.24) is 4.98 Å². The summed E-state index contributed by atoms with van der Waals surface area (Å²) in [5, 5.41) is 13.5. The van der Waals surface area contributed by atoms with Crippen LogP contribution >= 0.6 is 11.6 Å². The highest BCUT2D eigenvalue weighted by atomic mass is 35.5. The van der Waals surface area contributed by atoms with Crippen molar-refractivity contribution in [3.05, 3.63) is 93.3 Å². The zero-order valence-electron chi connectivity index (χ0n) is 14.3. The number of aromatic amines is 1. The number of carbonyl (C=O) groups is 2. The van der Waals surface area contributed by atoms with Gasteiger partial charge in [0.2, 0.25) is 6.10 Å². The van der Waals surface area contributed by atoms with E-state index in [-0.39, 0.29) is 22.1 Å². The molecule has 1 atom stereocenters. The number of esters is 1. The number of nitro benzene ring substituents is 1. The fourth-order valence-electron chi connectivity index (χ4n) is 2.47. The average molecular weight is 400 g/mol. The molecule has 0 fully saturated rings. The Bertz CT molecular complexity index is 1010. The smallest absolute Gasteiger partial charge is 0.355 e. The summed E-state index contributed by atoms with van der Waals surface area (Å²) in [5.74, 6) is -1.38. The van der Waals surface area contributed by atoms with Crippen molar-refractivity contribution in [2.75, 3.05) is 5.32 Å². The number of hydrogen-bond donors (Lipinski definition) is 2. The van der Waals surface area contributed by atoms with Gasteiger partial charge in [0.1, 0.15) is 10.7 Å². The zero-order valence-corrected chi connectivity index (χ0v) is 15.1. The van der Waals surface area contributed by atoms with Crippen molar-refractivity contribution in [2.24, 2.45) is 0 Å². The van der Waals surface area contributed by atoms with Crippen LogP contribution in [0.1, 0.15) is 22.2 Å². The topological polar surface area (TPSA) is 114 Å². The predicted molar refractivity (Wildman–Crippen MR) is 102 cm³/mol. The lowest BCUT2D eigenvalue weighted by atomic mass is 10.1. The number of aromatic nitrogens is 1. The molecular weight excluding hydrogens is 386 g/mol. The van der Waals surface area contributed by atoms with E-state index in [1.165, 1.54) is 18.2 Å². The van der Waals surface area contributed by atoms with Crippen molar-refractivity contribution in [1.29, 1.82) is 0 Å². The quantitative estimate of drug-likeness (QED) is 0.367. The summed E-state index contributed by atoms with van der Waals surface area (Å²) in [6.07, 6.45) is 0.299. The first-order chi connectivity index (χ1) is 13.5. The highest BCUT2D eigenvalue weighted by Gasteiger charge is 2.26. The number of ether oxygens (including phenoxy) is 1. The molecule has 0 radical (unpaired) electrons. The summed E-state index contributed by atoms with van der Waals surface area (Å²) in [7, 11) is 0. The standard InChI is InChI=1S/C19H14ClN3O5/c20-14-9-8-13(11-16(14)23(26)27)22-18(24)17(12-5-2-1-3-6-12)28-19(25)15-7-4-10-21-15/h1-11,17,21H,(H,22,24)/t17-/m0/s1. The largest absolute Gasteiger partial charge is 0.443 e. The summed E-state index contributed by atoms with van der Waals surface area (Å²) < 4.78 is 5.37. The molecule has 28 heavy (non-hydrogen) atoms. The Morgan fingerprint density at radius 2 is 1.86 bits per heavy atom. The maximum absolute atomic E-state index is 12.8. The maximum Gasteiger partial charge on any atom is 0.355 e. The molecule has 0 saturated carbocycles. The SMILES string of the molecule is O=C(O[C@H](C(=O)Nc1ccc(Cl)c([N+](=O)[O-])c1)c1ccccc1)c1ccc[nH]1. The minimum atomic E-state index is -1.26.